The van der Waals surface area contributed by atoms with Gasteiger partial charge in [0.25, 0.3) is 5.56 Å². The van der Waals surface area contributed by atoms with Crippen LogP contribution < -0.4 is 5.56 Å². The van der Waals surface area contributed by atoms with E-state index in [1.54, 1.807) is 47.3 Å². The van der Waals surface area contributed by atoms with E-state index < -0.39 is 12.1 Å². The number of alkyl halides is 3. The molecule has 30 heavy (non-hydrogen) atoms. The number of hydrogen-bond acceptors (Lipinski definition) is 3. The summed E-state index contributed by atoms with van der Waals surface area (Å²) in [4.78, 5) is 19.2. The van der Waals surface area contributed by atoms with Crippen molar-refractivity contribution in [1.29, 1.82) is 0 Å². The smallest absolute Gasteiger partial charge is 0.303 e. The first-order valence-electron chi connectivity index (χ1n) is 10.2. The molecule has 4 rings (SSSR count). The fourth-order valence-electron chi connectivity index (χ4n) is 4.28. The zero-order chi connectivity index (χ0) is 21.1. The fourth-order valence-corrected chi connectivity index (χ4v) is 4.28. The summed E-state index contributed by atoms with van der Waals surface area (Å²) in [6.45, 7) is 1.73. The summed E-state index contributed by atoms with van der Waals surface area (Å²) in [6, 6.07) is 15.4. The Morgan fingerprint density at radius 2 is 1.67 bits per heavy atom. The highest BCUT2D eigenvalue weighted by Crippen LogP contribution is 2.37. The summed E-state index contributed by atoms with van der Waals surface area (Å²) in [7, 11) is 0. The average molecular weight is 415 g/mol. The van der Waals surface area contributed by atoms with Crippen molar-refractivity contribution in [2.75, 3.05) is 19.6 Å². The topological polar surface area (TPSA) is 38.1 Å². The number of piperidine rings is 1. The van der Waals surface area contributed by atoms with Gasteiger partial charge in [0.15, 0.2) is 0 Å². The van der Waals surface area contributed by atoms with E-state index in [1.807, 2.05) is 18.2 Å². The minimum Gasteiger partial charge on any atom is -0.303 e. The lowest BCUT2D eigenvalue weighted by molar-refractivity contribution is -0.152. The molecule has 0 bridgehead atoms. The second kappa shape index (κ2) is 8.60. The molecule has 1 aliphatic rings. The van der Waals surface area contributed by atoms with E-state index in [2.05, 4.69) is 9.88 Å². The summed E-state index contributed by atoms with van der Waals surface area (Å²) >= 11 is 0. The van der Waals surface area contributed by atoms with Crippen LogP contribution in [0.15, 0.2) is 65.7 Å². The second-order valence-electron chi connectivity index (χ2n) is 7.84. The third-order valence-corrected chi connectivity index (χ3v) is 5.97. The molecule has 0 aliphatic carbocycles. The van der Waals surface area contributed by atoms with Crippen molar-refractivity contribution in [1.82, 2.24) is 14.5 Å². The van der Waals surface area contributed by atoms with E-state index in [4.69, 9.17) is 0 Å². The lowest BCUT2D eigenvalue weighted by Gasteiger charge is -2.33. The van der Waals surface area contributed by atoms with E-state index in [1.165, 1.54) is 0 Å². The van der Waals surface area contributed by atoms with Crippen LogP contribution >= 0.6 is 0 Å². The maximum atomic E-state index is 13.6. The maximum absolute atomic E-state index is 13.6. The SMILES string of the molecule is O=c1c2ccccc2ncn1C1CCN(CCC(c2ccccc2)C(F)(F)F)CC1. The van der Waals surface area contributed by atoms with Crippen molar-refractivity contribution in [3.05, 3.63) is 76.8 Å². The first-order valence-corrected chi connectivity index (χ1v) is 10.2. The highest BCUT2D eigenvalue weighted by Gasteiger charge is 2.40. The maximum Gasteiger partial charge on any atom is 0.395 e. The van der Waals surface area contributed by atoms with Crippen molar-refractivity contribution in [2.45, 2.75) is 37.4 Å². The van der Waals surface area contributed by atoms with E-state index in [0.29, 0.717) is 36.1 Å². The minimum absolute atomic E-state index is 0.0263. The lowest BCUT2D eigenvalue weighted by atomic mass is 9.94. The lowest BCUT2D eigenvalue weighted by Crippen LogP contribution is -2.39. The van der Waals surface area contributed by atoms with Crippen molar-refractivity contribution in [2.24, 2.45) is 0 Å². The molecule has 0 spiro atoms. The molecule has 2 aromatic carbocycles. The Morgan fingerprint density at radius 1 is 1.00 bits per heavy atom. The third-order valence-electron chi connectivity index (χ3n) is 5.97. The second-order valence-corrected chi connectivity index (χ2v) is 7.84. The summed E-state index contributed by atoms with van der Waals surface area (Å²) in [5, 5.41) is 0.596. The van der Waals surface area contributed by atoms with Crippen molar-refractivity contribution < 1.29 is 13.2 Å². The Labute approximate surface area is 173 Å². The van der Waals surface area contributed by atoms with E-state index in [-0.39, 0.29) is 18.0 Å². The minimum atomic E-state index is -4.26. The number of benzene rings is 2. The molecule has 1 unspecified atom stereocenters. The van der Waals surface area contributed by atoms with Crippen molar-refractivity contribution in [3.8, 4) is 0 Å². The number of nitrogens with zero attached hydrogens (tertiary/aromatic N) is 3. The van der Waals surface area contributed by atoms with Crippen molar-refractivity contribution in [3.63, 3.8) is 0 Å². The summed E-state index contributed by atoms with van der Waals surface area (Å²) < 4.78 is 42.3. The summed E-state index contributed by atoms with van der Waals surface area (Å²) in [5.74, 6) is -1.45. The molecule has 2 heterocycles. The highest BCUT2D eigenvalue weighted by atomic mass is 19.4. The Hall–Kier alpha value is -2.67. The molecule has 1 aromatic heterocycles. The van der Waals surface area contributed by atoms with Gasteiger partial charge in [0.2, 0.25) is 0 Å². The van der Waals surface area contributed by atoms with Gasteiger partial charge in [-0.15, -0.1) is 0 Å². The number of fused-ring (bicyclic) bond motifs is 1. The first-order chi connectivity index (χ1) is 14.4. The normalized spacial score (nSPS) is 17.3. The molecule has 3 aromatic rings. The predicted octanol–water partition coefficient (Wildman–Crippen LogP) is 4.77. The number of likely N-dealkylation sites (tertiary alicyclic amines) is 1. The number of para-hydroxylation sites is 1. The van der Waals surface area contributed by atoms with Gasteiger partial charge in [-0.25, -0.2) is 4.98 Å². The monoisotopic (exact) mass is 415 g/mol. The van der Waals surface area contributed by atoms with E-state index in [9.17, 15) is 18.0 Å². The van der Waals surface area contributed by atoms with Crippen LogP contribution in [-0.2, 0) is 0 Å². The number of rotatable bonds is 5. The van der Waals surface area contributed by atoms with Crippen LogP contribution in [0.2, 0.25) is 0 Å². The van der Waals surface area contributed by atoms with Crippen LogP contribution in [-0.4, -0.2) is 40.3 Å². The zero-order valence-electron chi connectivity index (χ0n) is 16.6. The number of hydrogen-bond donors (Lipinski definition) is 0. The Balaban J connectivity index is 1.39. The Bertz CT molecular complexity index is 1040. The van der Waals surface area contributed by atoms with Gasteiger partial charge in [-0.05, 0) is 43.5 Å². The summed E-state index contributed by atoms with van der Waals surface area (Å²) in [6.07, 6.45) is -1.18. The van der Waals surface area contributed by atoms with Gasteiger partial charge in [0.05, 0.1) is 23.1 Å². The van der Waals surface area contributed by atoms with E-state index in [0.717, 1.165) is 12.8 Å². The van der Waals surface area contributed by atoms with Gasteiger partial charge in [0, 0.05) is 19.1 Å². The molecule has 1 fully saturated rings. The van der Waals surface area contributed by atoms with Gasteiger partial charge >= 0.3 is 6.18 Å². The van der Waals surface area contributed by atoms with Crippen LogP contribution in [0.4, 0.5) is 13.2 Å². The first kappa shape index (κ1) is 20.6. The molecule has 7 heteroatoms. The molecule has 1 atom stereocenters. The van der Waals surface area contributed by atoms with Gasteiger partial charge in [-0.3, -0.25) is 9.36 Å². The van der Waals surface area contributed by atoms with Gasteiger partial charge in [0.1, 0.15) is 0 Å². The van der Waals surface area contributed by atoms with Crippen LogP contribution in [0, 0.1) is 0 Å². The molecule has 1 aliphatic heterocycles. The fraction of sp³-hybridized carbons (Fsp3) is 0.391. The van der Waals surface area contributed by atoms with Gasteiger partial charge < -0.3 is 4.90 Å². The quantitative estimate of drug-likeness (QED) is 0.603. The van der Waals surface area contributed by atoms with Crippen molar-refractivity contribution >= 4 is 10.9 Å². The molecule has 0 radical (unpaired) electrons. The molecule has 1 saturated heterocycles. The highest BCUT2D eigenvalue weighted by molar-refractivity contribution is 5.76. The van der Waals surface area contributed by atoms with Crippen LogP contribution in [0.5, 0.6) is 0 Å². The van der Waals surface area contributed by atoms with Crippen LogP contribution in [0.3, 0.4) is 0 Å². The third kappa shape index (κ3) is 4.41. The average Bonchev–Trinajstić information content (AvgIpc) is 2.75. The van der Waals surface area contributed by atoms with Gasteiger partial charge in [-0.2, -0.15) is 13.2 Å². The largest absolute Gasteiger partial charge is 0.395 e. The molecule has 0 N–H and O–H groups in total. The molecular formula is C23H24F3N3O. The van der Waals surface area contributed by atoms with E-state index >= 15 is 0 Å². The predicted molar refractivity (Wildman–Crippen MR) is 111 cm³/mol. The molecule has 158 valence electrons. The van der Waals surface area contributed by atoms with Crippen LogP contribution in [0.1, 0.15) is 36.8 Å². The number of halogens is 3. The molecule has 0 amide bonds. The number of aromatic nitrogens is 2. The Morgan fingerprint density at radius 3 is 2.37 bits per heavy atom. The molecular weight excluding hydrogens is 391 g/mol. The summed E-state index contributed by atoms with van der Waals surface area (Å²) in [5.41, 5.74) is 0.934. The molecule has 4 nitrogen and oxygen atoms in total. The zero-order valence-corrected chi connectivity index (χ0v) is 16.6. The Kier molecular flexibility index (Phi) is 5.90. The molecule has 0 saturated carbocycles. The standard InChI is InChI=1S/C23H24F3N3O/c24-23(25,26)20(17-6-2-1-3-7-17)12-15-28-13-10-18(11-14-28)29-16-27-21-9-5-4-8-19(21)22(29)30/h1-9,16,18,20H,10-15H2. The van der Waals surface area contributed by atoms with Gasteiger partial charge in [-0.1, -0.05) is 42.5 Å². The van der Waals surface area contributed by atoms with Crippen LogP contribution in [0.25, 0.3) is 10.9 Å².